The average molecular weight is 314 g/mol. The number of aliphatic hydroxyl groups is 1. The van der Waals surface area contributed by atoms with Crippen LogP contribution in [0.4, 0.5) is 0 Å². The van der Waals surface area contributed by atoms with E-state index < -0.39 is 6.10 Å². The van der Waals surface area contributed by atoms with Gasteiger partial charge in [-0.25, -0.2) is 0 Å². The van der Waals surface area contributed by atoms with Crippen LogP contribution in [0.2, 0.25) is 0 Å². The number of piperidine rings is 1. The van der Waals surface area contributed by atoms with Gasteiger partial charge in [-0.05, 0) is 57.4 Å². The lowest BCUT2D eigenvalue weighted by Gasteiger charge is -2.34. The van der Waals surface area contributed by atoms with Crippen LogP contribution in [-0.4, -0.2) is 41.8 Å². The Morgan fingerprint density at radius 3 is 2.81 bits per heavy atom. The number of benzene rings is 1. The molecule has 2 unspecified atom stereocenters. The molecule has 1 aliphatic rings. The Labute approximate surface area is 134 Å². The lowest BCUT2D eigenvalue weighted by molar-refractivity contribution is 0.0436. The molecule has 0 aliphatic carbocycles. The van der Waals surface area contributed by atoms with Gasteiger partial charge in [-0.1, -0.05) is 18.6 Å². The van der Waals surface area contributed by atoms with Crippen LogP contribution in [0.3, 0.4) is 0 Å². The summed E-state index contributed by atoms with van der Waals surface area (Å²) in [5, 5.41) is 10.2. The number of hydrogen-bond acceptors (Lipinski definition) is 3. The van der Waals surface area contributed by atoms with E-state index in [-0.39, 0.29) is 12.4 Å². The third kappa shape index (κ3) is 5.17. The summed E-state index contributed by atoms with van der Waals surface area (Å²) in [5.74, 6) is 0.885. The van der Waals surface area contributed by atoms with Crippen LogP contribution in [0.1, 0.15) is 37.3 Å². The van der Waals surface area contributed by atoms with Crippen molar-refractivity contribution in [2.24, 2.45) is 0 Å². The van der Waals surface area contributed by atoms with Crippen molar-refractivity contribution in [3.8, 4) is 5.75 Å². The Bertz CT molecular complexity index is 439. The normalized spacial score (nSPS) is 20.7. The van der Waals surface area contributed by atoms with E-state index in [4.69, 9.17) is 4.74 Å². The quantitative estimate of drug-likeness (QED) is 0.905. The van der Waals surface area contributed by atoms with Gasteiger partial charge in [0, 0.05) is 12.6 Å². The smallest absolute Gasteiger partial charge is 0.122 e. The second-order valence-electron chi connectivity index (χ2n) is 6.00. The summed E-state index contributed by atoms with van der Waals surface area (Å²) >= 11 is 0. The van der Waals surface area contributed by atoms with Crippen LogP contribution in [0.5, 0.6) is 5.75 Å². The van der Waals surface area contributed by atoms with Crippen molar-refractivity contribution in [2.45, 2.75) is 52.2 Å². The highest BCUT2D eigenvalue weighted by atomic mass is 35.5. The van der Waals surface area contributed by atoms with Gasteiger partial charge in [0.15, 0.2) is 0 Å². The number of β-amino-alcohol motifs (C(OH)–C–C–N with tert-alkyl or cyclic N) is 1. The standard InChI is InChI=1S/C17H27NO2.ClH/c1-13-7-6-9-17(15(13)3)20-12-16(19)11-18-10-5-4-8-14(18)2;/h6-7,9,14,16,19H,4-5,8,10-12H2,1-3H3;1H. The maximum atomic E-state index is 10.2. The van der Waals surface area contributed by atoms with Crippen molar-refractivity contribution in [2.75, 3.05) is 19.7 Å². The zero-order valence-electron chi connectivity index (χ0n) is 13.3. The summed E-state index contributed by atoms with van der Waals surface area (Å²) in [5.41, 5.74) is 2.38. The Balaban J connectivity index is 0.00000220. The van der Waals surface area contributed by atoms with Crippen LogP contribution in [-0.2, 0) is 0 Å². The molecular weight excluding hydrogens is 286 g/mol. The molecule has 4 heteroatoms. The topological polar surface area (TPSA) is 32.7 Å². The SMILES string of the molecule is Cc1cccc(OCC(O)CN2CCCCC2C)c1C.Cl. The van der Waals surface area contributed by atoms with Gasteiger partial charge >= 0.3 is 0 Å². The number of rotatable bonds is 5. The zero-order valence-corrected chi connectivity index (χ0v) is 14.2. The van der Waals surface area contributed by atoms with E-state index >= 15 is 0 Å². The highest BCUT2D eigenvalue weighted by Gasteiger charge is 2.21. The maximum Gasteiger partial charge on any atom is 0.122 e. The molecule has 1 aromatic carbocycles. The predicted octanol–water partition coefficient (Wildman–Crippen LogP) is 3.34. The average Bonchev–Trinajstić information content (AvgIpc) is 2.43. The first-order valence-corrected chi connectivity index (χ1v) is 7.69. The van der Waals surface area contributed by atoms with Crippen molar-refractivity contribution >= 4 is 12.4 Å². The van der Waals surface area contributed by atoms with E-state index in [9.17, 15) is 5.11 Å². The van der Waals surface area contributed by atoms with Crippen molar-refractivity contribution in [1.82, 2.24) is 4.90 Å². The molecule has 2 rings (SSSR count). The first kappa shape index (κ1) is 18.3. The first-order chi connectivity index (χ1) is 9.58. The fourth-order valence-corrected chi connectivity index (χ4v) is 2.82. The van der Waals surface area contributed by atoms with Crippen molar-refractivity contribution in [3.05, 3.63) is 29.3 Å². The summed E-state index contributed by atoms with van der Waals surface area (Å²) in [6.07, 6.45) is 3.38. The van der Waals surface area contributed by atoms with Crippen molar-refractivity contribution in [1.29, 1.82) is 0 Å². The monoisotopic (exact) mass is 313 g/mol. The van der Waals surface area contributed by atoms with Crippen LogP contribution >= 0.6 is 12.4 Å². The van der Waals surface area contributed by atoms with Gasteiger partial charge in [0.05, 0.1) is 0 Å². The van der Waals surface area contributed by atoms with Crippen LogP contribution in [0.15, 0.2) is 18.2 Å². The molecule has 0 spiro atoms. The minimum absolute atomic E-state index is 0. The molecule has 120 valence electrons. The summed E-state index contributed by atoms with van der Waals surface area (Å²) in [6.45, 7) is 8.57. The van der Waals surface area contributed by atoms with E-state index in [0.717, 1.165) is 17.9 Å². The summed E-state index contributed by atoms with van der Waals surface area (Å²) in [4.78, 5) is 2.38. The molecule has 0 radical (unpaired) electrons. The third-order valence-electron chi connectivity index (χ3n) is 4.37. The second-order valence-corrected chi connectivity index (χ2v) is 6.00. The molecule has 0 bridgehead atoms. The summed E-state index contributed by atoms with van der Waals surface area (Å²) in [6, 6.07) is 6.63. The molecule has 0 saturated carbocycles. The fourth-order valence-electron chi connectivity index (χ4n) is 2.82. The van der Waals surface area contributed by atoms with E-state index in [0.29, 0.717) is 19.2 Å². The Kier molecular flexibility index (Phi) is 7.50. The molecule has 1 aromatic rings. The van der Waals surface area contributed by atoms with E-state index in [1.807, 2.05) is 12.1 Å². The van der Waals surface area contributed by atoms with Crippen molar-refractivity contribution < 1.29 is 9.84 Å². The summed E-state index contributed by atoms with van der Waals surface area (Å²) in [7, 11) is 0. The molecule has 1 fully saturated rings. The lowest BCUT2D eigenvalue weighted by atomic mass is 10.0. The number of aliphatic hydroxyl groups excluding tert-OH is 1. The van der Waals surface area contributed by atoms with Gasteiger partial charge in [-0.15, -0.1) is 12.4 Å². The van der Waals surface area contributed by atoms with Gasteiger partial charge in [0.1, 0.15) is 18.5 Å². The molecule has 3 nitrogen and oxygen atoms in total. The zero-order chi connectivity index (χ0) is 14.5. The molecule has 1 N–H and O–H groups in total. The molecule has 0 amide bonds. The van der Waals surface area contributed by atoms with Gasteiger partial charge in [0.25, 0.3) is 0 Å². The first-order valence-electron chi connectivity index (χ1n) is 7.69. The minimum atomic E-state index is -0.421. The minimum Gasteiger partial charge on any atom is -0.491 e. The molecular formula is C17H28ClNO2. The number of aryl methyl sites for hydroxylation is 1. The molecule has 0 aromatic heterocycles. The highest BCUT2D eigenvalue weighted by Crippen LogP contribution is 2.21. The number of nitrogens with zero attached hydrogens (tertiary/aromatic N) is 1. The van der Waals surface area contributed by atoms with Crippen LogP contribution in [0, 0.1) is 13.8 Å². The Morgan fingerprint density at radius 1 is 1.33 bits per heavy atom. The van der Waals surface area contributed by atoms with Gasteiger partial charge in [0.2, 0.25) is 0 Å². The molecule has 1 aliphatic heterocycles. The van der Waals surface area contributed by atoms with E-state index in [1.54, 1.807) is 0 Å². The number of hydrogen-bond donors (Lipinski definition) is 1. The van der Waals surface area contributed by atoms with Crippen LogP contribution in [0.25, 0.3) is 0 Å². The molecule has 1 heterocycles. The highest BCUT2D eigenvalue weighted by molar-refractivity contribution is 5.85. The third-order valence-corrected chi connectivity index (χ3v) is 4.37. The molecule has 1 saturated heterocycles. The van der Waals surface area contributed by atoms with Gasteiger partial charge in [-0.3, -0.25) is 4.90 Å². The van der Waals surface area contributed by atoms with E-state index in [1.165, 1.54) is 24.8 Å². The number of halogens is 1. The number of likely N-dealkylation sites (tertiary alicyclic amines) is 1. The molecule has 21 heavy (non-hydrogen) atoms. The fraction of sp³-hybridized carbons (Fsp3) is 0.647. The predicted molar refractivity (Wildman–Crippen MR) is 89.6 cm³/mol. The van der Waals surface area contributed by atoms with E-state index in [2.05, 4.69) is 31.7 Å². The largest absolute Gasteiger partial charge is 0.491 e. The summed E-state index contributed by atoms with van der Waals surface area (Å²) < 4.78 is 5.78. The molecule has 2 atom stereocenters. The Morgan fingerprint density at radius 2 is 2.10 bits per heavy atom. The lowest BCUT2D eigenvalue weighted by Crippen LogP contribution is -2.43. The van der Waals surface area contributed by atoms with Crippen LogP contribution < -0.4 is 4.74 Å². The number of ether oxygens (including phenoxy) is 1. The Hall–Kier alpha value is -0.770. The van der Waals surface area contributed by atoms with Crippen molar-refractivity contribution in [3.63, 3.8) is 0 Å². The van der Waals surface area contributed by atoms with Gasteiger partial charge in [-0.2, -0.15) is 0 Å². The maximum absolute atomic E-state index is 10.2. The van der Waals surface area contributed by atoms with Gasteiger partial charge < -0.3 is 9.84 Å². The second kappa shape index (κ2) is 8.62.